The lowest BCUT2D eigenvalue weighted by molar-refractivity contribution is 0.252. The highest BCUT2D eigenvalue weighted by Crippen LogP contribution is 2.21. The van der Waals surface area contributed by atoms with Gasteiger partial charge in [0.25, 0.3) is 0 Å². The van der Waals surface area contributed by atoms with E-state index < -0.39 is 10.0 Å². The van der Waals surface area contributed by atoms with E-state index in [0.29, 0.717) is 17.7 Å². The Labute approximate surface area is 131 Å². The fraction of sp³-hybridized carbons (Fsp3) is 0.500. The van der Waals surface area contributed by atoms with E-state index in [-0.39, 0.29) is 23.0 Å². The number of hydrogen-bond acceptors (Lipinski definition) is 4. The summed E-state index contributed by atoms with van der Waals surface area (Å²) < 4.78 is 26.7. The highest BCUT2D eigenvalue weighted by molar-refractivity contribution is 7.89. The van der Waals surface area contributed by atoms with Crippen molar-refractivity contribution in [2.24, 2.45) is 5.73 Å². The molecule has 1 aromatic carbocycles. The molecule has 0 aliphatic carbocycles. The van der Waals surface area contributed by atoms with Crippen LogP contribution in [0, 0.1) is 6.92 Å². The van der Waals surface area contributed by atoms with Gasteiger partial charge in [0.05, 0.1) is 11.5 Å². The van der Waals surface area contributed by atoms with E-state index in [1.807, 2.05) is 6.92 Å². The minimum Gasteiger partial charge on any atom is -0.395 e. The Morgan fingerprint density at radius 3 is 2.52 bits per heavy atom. The molecule has 21 heavy (non-hydrogen) atoms. The number of rotatable bonds is 8. The summed E-state index contributed by atoms with van der Waals surface area (Å²) >= 11 is 4.89. The van der Waals surface area contributed by atoms with Gasteiger partial charge in [0.1, 0.15) is 4.99 Å². The van der Waals surface area contributed by atoms with Crippen LogP contribution in [-0.2, 0) is 10.0 Å². The number of nitrogens with two attached hydrogens (primary N) is 1. The minimum atomic E-state index is -3.62. The van der Waals surface area contributed by atoms with Crippen LogP contribution in [0.15, 0.2) is 23.1 Å². The van der Waals surface area contributed by atoms with Crippen LogP contribution >= 0.6 is 12.2 Å². The van der Waals surface area contributed by atoms with Crippen LogP contribution in [0.3, 0.4) is 0 Å². The number of hydrogen-bond donors (Lipinski definition) is 2. The Balaban J connectivity index is 3.18. The lowest BCUT2D eigenvalue weighted by Gasteiger charge is -2.22. The van der Waals surface area contributed by atoms with Gasteiger partial charge in [-0.1, -0.05) is 31.6 Å². The molecule has 0 aliphatic heterocycles. The molecule has 0 unspecified atom stereocenters. The molecule has 1 aromatic rings. The highest BCUT2D eigenvalue weighted by atomic mass is 32.2. The molecule has 0 atom stereocenters. The van der Waals surface area contributed by atoms with Gasteiger partial charge in [-0.3, -0.25) is 0 Å². The standard InChI is InChI=1S/C14H22N2O3S2/c1-3-4-7-16(8-9-17)21(18,19)13-6-5-12(14(15)20)10-11(13)2/h5-6,10,17H,3-4,7-9H2,1-2H3,(H2,15,20). The van der Waals surface area contributed by atoms with Gasteiger partial charge in [-0.05, 0) is 31.0 Å². The van der Waals surface area contributed by atoms with Crippen molar-refractivity contribution in [2.45, 2.75) is 31.6 Å². The van der Waals surface area contributed by atoms with Crippen molar-refractivity contribution in [3.63, 3.8) is 0 Å². The first-order valence-electron chi connectivity index (χ1n) is 6.86. The van der Waals surface area contributed by atoms with E-state index in [1.165, 1.54) is 10.4 Å². The summed E-state index contributed by atoms with van der Waals surface area (Å²) in [6, 6.07) is 4.81. The number of aliphatic hydroxyl groups excluding tert-OH is 1. The van der Waals surface area contributed by atoms with Gasteiger partial charge in [-0.2, -0.15) is 4.31 Å². The third-order valence-corrected chi connectivity index (χ3v) is 5.48. The lowest BCUT2D eigenvalue weighted by Crippen LogP contribution is -2.35. The second-order valence-corrected chi connectivity index (χ2v) is 7.17. The first kappa shape index (κ1) is 18.0. The largest absolute Gasteiger partial charge is 0.395 e. The van der Waals surface area contributed by atoms with E-state index in [2.05, 4.69) is 0 Å². The van der Waals surface area contributed by atoms with Crippen LogP contribution in [0.4, 0.5) is 0 Å². The smallest absolute Gasteiger partial charge is 0.243 e. The van der Waals surface area contributed by atoms with E-state index in [0.717, 1.165) is 12.8 Å². The van der Waals surface area contributed by atoms with Gasteiger partial charge in [-0.15, -0.1) is 0 Å². The second kappa shape index (κ2) is 7.84. The highest BCUT2D eigenvalue weighted by Gasteiger charge is 2.25. The molecule has 5 nitrogen and oxygen atoms in total. The Kier molecular flexibility index (Phi) is 6.73. The predicted molar refractivity (Wildman–Crippen MR) is 87.8 cm³/mol. The third-order valence-electron chi connectivity index (χ3n) is 3.19. The number of thiocarbonyl (C=S) groups is 1. The summed E-state index contributed by atoms with van der Waals surface area (Å²) in [6.45, 7) is 4.00. The molecule has 7 heteroatoms. The molecule has 1 rings (SSSR count). The molecule has 0 fully saturated rings. The Morgan fingerprint density at radius 1 is 1.38 bits per heavy atom. The van der Waals surface area contributed by atoms with E-state index in [1.54, 1.807) is 19.1 Å². The van der Waals surface area contributed by atoms with Gasteiger partial charge >= 0.3 is 0 Å². The van der Waals surface area contributed by atoms with Crippen molar-refractivity contribution >= 4 is 27.2 Å². The number of benzene rings is 1. The van der Waals surface area contributed by atoms with E-state index in [4.69, 9.17) is 23.1 Å². The van der Waals surface area contributed by atoms with E-state index >= 15 is 0 Å². The molecule has 0 spiro atoms. The molecular formula is C14H22N2O3S2. The predicted octanol–water partition coefficient (Wildman–Crippen LogP) is 1.41. The molecule has 0 saturated carbocycles. The average Bonchev–Trinajstić information content (AvgIpc) is 2.42. The second-order valence-electron chi connectivity index (χ2n) is 4.83. The fourth-order valence-electron chi connectivity index (χ4n) is 2.03. The van der Waals surface area contributed by atoms with Gasteiger partial charge in [0, 0.05) is 18.7 Å². The summed E-state index contributed by atoms with van der Waals surface area (Å²) in [6.07, 6.45) is 1.64. The molecule has 0 radical (unpaired) electrons. The number of unbranched alkanes of at least 4 members (excludes halogenated alkanes) is 1. The maximum absolute atomic E-state index is 12.7. The van der Waals surface area contributed by atoms with Crippen molar-refractivity contribution in [1.29, 1.82) is 0 Å². The Hall–Kier alpha value is -1.02. The summed E-state index contributed by atoms with van der Waals surface area (Å²) in [7, 11) is -3.62. The molecule has 118 valence electrons. The van der Waals surface area contributed by atoms with Crippen molar-refractivity contribution in [2.75, 3.05) is 19.7 Å². The molecule has 0 heterocycles. The maximum Gasteiger partial charge on any atom is 0.243 e. The summed E-state index contributed by atoms with van der Waals surface area (Å²) in [4.78, 5) is 0.465. The molecular weight excluding hydrogens is 308 g/mol. The zero-order chi connectivity index (χ0) is 16.0. The Bertz CT molecular complexity index is 600. The van der Waals surface area contributed by atoms with Crippen molar-refractivity contribution in [3.8, 4) is 0 Å². The molecule has 0 saturated heterocycles. The van der Waals surface area contributed by atoms with E-state index in [9.17, 15) is 8.42 Å². The van der Waals surface area contributed by atoms with Gasteiger partial charge in [-0.25, -0.2) is 8.42 Å². The summed E-state index contributed by atoms with van der Waals surface area (Å²) in [5.74, 6) is 0. The summed E-state index contributed by atoms with van der Waals surface area (Å²) in [5, 5.41) is 9.09. The van der Waals surface area contributed by atoms with Crippen LogP contribution in [-0.4, -0.2) is 42.5 Å². The lowest BCUT2D eigenvalue weighted by atomic mass is 10.1. The van der Waals surface area contributed by atoms with Crippen LogP contribution < -0.4 is 5.73 Å². The monoisotopic (exact) mass is 330 g/mol. The van der Waals surface area contributed by atoms with Gasteiger partial charge in [0.15, 0.2) is 0 Å². The quantitative estimate of drug-likeness (QED) is 0.704. The third kappa shape index (κ3) is 4.47. The maximum atomic E-state index is 12.7. The number of nitrogens with zero attached hydrogens (tertiary/aromatic N) is 1. The fourth-order valence-corrected chi connectivity index (χ4v) is 3.83. The zero-order valence-corrected chi connectivity index (χ0v) is 14.0. The molecule has 0 aliphatic rings. The molecule has 0 amide bonds. The number of aryl methyl sites for hydroxylation is 1. The van der Waals surface area contributed by atoms with Crippen LogP contribution in [0.1, 0.15) is 30.9 Å². The minimum absolute atomic E-state index is 0.0961. The normalized spacial score (nSPS) is 11.8. The van der Waals surface area contributed by atoms with Crippen LogP contribution in [0.5, 0.6) is 0 Å². The van der Waals surface area contributed by atoms with Gasteiger partial charge in [0.2, 0.25) is 10.0 Å². The number of aliphatic hydroxyl groups is 1. The average molecular weight is 330 g/mol. The molecule has 3 N–H and O–H groups in total. The van der Waals surface area contributed by atoms with Crippen molar-refractivity contribution in [3.05, 3.63) is 29.3 Å². The first-order chi connectivity index (χ1) is 9.84. The van der Waals surface area contributed by atoms with Crippen molar-refractivity contribution in [1.82, 2.24) is 4.31 Å². The zero-order valence-electron chi connectivity index (χ0n) is 12.4. The van der Waals surface area contributed by atoms with Crippen molar-refractivity contribution < 1.29 is 13.5 Å². The van der Waals surface area contributed by atoms with Crippen LogP contribution in [0.2, 0.25) is 0 Å². The van der Waals surface area contributed by atoms with Gasteiger partial charge < -0.3 is 10.8 Å². The Morgan fingerprint density at radius 2 is 2.05 bits per heavy atom. The molecule has 0 bridgehead atoms. The SMILES string of the molecule is CCCCN(CCO)S(=O)(=O)c1ccc(C(N)=S)cc1C. The first-order valence-corrected chi connectivity index (χ1v) is 8.70. The topological polar surface area (TPSA) is 83.6 Å². The number of sulfonamides is 1. The molecule has 0 aromatic heterocycles. The van der Waals surface area contributed by atoms with Crippen LogP contribution in [0.25, 0.3) is 0 Å². The summed E-state index contributed by atoms with van der Waals surface area (Å²) in [5.41, 5.74) is 6.79.